The van der Waals surface area contributed by atoms with Crippen molar-refractivity contribution in [1.82, 2.24) is 15.0 Å². The minimum Gasteiger partial charge on any atom is -0.456 e. The van der Waals surface area contributed by atoms with Gasteiger partial charge in [0.05, 0.1) is 68.5 Å². The molecule has 636 valence electrons. The van der Waals surface area contributed by atoms with Gasteiger partial charge in [-0.3, -0.25) is 0 Å². The van der Waals surface area contributed by atoms with Crippen molar-refractivity contribution >= 4 is 197 Å². The molecule has 0 atom stereocenters. The van der Waals surface area contributed by atoms with Crippen LogP contribution in [-0.2, 0) is 0 Å². The highest BCUT2D eigenvalue weighted by Crippen LogP contribution is 2.55. The maximum absolute atomic E-state index is 9.90. The molecule has 8 nitrogen and oxygen atoms in total. The zero-order chi connectivity index (χ0) is 133. The summed E-state index contributed by atoms with van der Waals surface area (Å²) in [4.78, 5) is 14.4. The molecule has 137 heavy (non-hydrogen) atoms. The lowest BCUT2D eigenvalue weighted by Crippen LogP contribution is -2.09. The summed E-state index contributed by atoms with van der Waals surface area (Å²) < 4.78 is 460. The van der Waals surface area contributed by atoms with Crippen LogP contribution < -0.4 is 9.80 Å². The van der Waals surface area contributed by atoms with Gasteiger partial charge in [-0.1, -0.05) is 351 Å². The monoisotopic (exact) mass is 1790 g/mol. The third-order valence-electron chi connectivity index (χ3n) is 24.7. The van der Waals surface area contributed by atoms with Gasteiger partial charge in [-0.15, -0.1) is 0 Å². The quantitative estimate of drug-likeness (QED) is 0.0786. The molecule has 0 aliphatic heterocycles. The van der Waals surface area contributed by atoms with Gasteiger partial charge in [0.25, 0.3) is 0 Å². The van der Waals surface area contributed by atoms with E-state index in [1.54, 1.807) is 42.5 Å². The molecule has 0 saturated carbocycles. The molecule has 30 rings (SSSR count). The molecule has 0 saturated heterocycles. The molecule has 0 aliphatic rings. The van der Waals surface area contributed by atoms with Crippen LogP contribution in [0.25, 0.3) is 253 Å². The molecule has 0 bridgehead atoms. The van der Waals surface area contributed by atoms with Crippen molar-refractivity contribution in [3.63, 3.8) is 0 Å². The zero-order valence-electron chi connectivity index (χ0n) is 120. The van der Waals surface area contributed by atoms with Crippen molar-refractivity contribution < 1.29 is 81.8 Å². The fourth-order valence-electron chi connectivity index (χ4n) is 19.1. The van der Waals surface area contributed by atoms with Crippen molar-refractivity contribution in [1.29, 1.82) is 0 Å². The first-order chi connectivity index (χ1) is 88.7. The van der Waals surface area contributed by atoms with Crippen LogP contribution in [0.3, 0.4) is 0 Å². The van der Waals surface area contributed by atoms with Gasteiger partial charge in [-0.25, -0.2) is 15.0 Å². The first-order valence-electron chi connectivity index (χ1n) is 67.6. The largest absolute Gasteiger partial charge is 0.456 e. The lowest BCUT2D eigenvalue weighted by atomic mass is 9.86. The Kier molecular flexibility index (Phi) is 9.75. The minimum absolute atomic E-state index is 0.0649. The maximum Gasteiger partial charge on any atom is 0.164 e. The lowest BCUT2D eigenvalue weighted by Gasteiger charge is -2.26. The molecule has 0 amide bonds. The number of para-hydroxylation sites is 2. The summed E-state index contributed by atoms with van der Waals surface area (Å²) in [5.74, 6) is -1.69. The van der Waals surface area contributed by atoms with E-state index in [4.69, 9.17) is 64.0 Å². The maximum atomic E-state index is 9.90. The number of aromatic nitrogens is 3. The van der Waals surface area contributed by atoms with Gasteiger partial charge in [0.15, 0.2) is 17.5 Å². The molecular formula is C129H77N5O3. The number of nitrogens with zero attached hydrogens (tertiary/aromatic N) is 5. The molecule has 0 spiro atoms. The van der Waals surface area contributed by atoms with Crippen molar-refractivity contribution in [2.75, 3.05) is 9.80 Å². The van der Waals surface area contributed by atoms with Crippen LogP contribution in [0.5, 0.6) is 0 Å². The second-order valence-electron chi connectivity index (χ2n) is 32.0. The third kappa shape index (κ3) is 12.5. The molecule has 30 aromatic rings. The van der Waals surface area contributed by atoms with Crippen LogP contribution in [0.15, 0.2) is 479 Å². The van der Waals surface area contributed by atoms with Gasteiger partial charge in [-0.05, 0) is 235 Å². The van der Waals surface area contributed by atoms with Crippen LogP contribution in [-0.4, -0.2) is 15.0 Å². The van der Waals surface area contributed by atoms with Crippen molar-refractivity contribution in [2.45, 2.75) is 0 Å². The predicted molar refractivity (Wildman–Crippen MR) is 572 cm³/mol. The second kappa shape index (κ2) is 31.2. The summed E-state index contributed by atoms with van der Waals surface area (Å²) in [5.41, 5.74) is -6.47. The summed E-state index contributed by atoms with van der Waals surface area (Å²) in [6, 6.07) is 10.6. The van der Waals surface area contributed by atoms with E-state index >= 15 is 0 Å². The van der Waals surface area contributed by atoms with E-state index in [0.29, 0.717) is 59.2 Å². The average Bonchev–Trinajstić information content (AvgIpc) is 1.57. The number of hydrogen-bond acceptors (Lipinski definition) is 8. The Bertz CT molecular complexity index is 12900. The third-order valence-corrected chi connectivity index (χ3v) is 24.7. The number of furan rings is 3. The molecule has 8 heteroatoms. The summed E-state index contributed by atoms with van der Waals surface area (Å²) in [6.07, 6.45) is 0. The summed E-state index contributed by atoms with van der Waals surface area (Å²) in [7, 11) is 0. The molecule has 4 aromatic heterocycles. The molecule has 0 N–H and O–H groups in total. The number of benzene rings is 26. The highest BCUT2D eigenvalue weighted by molar-refractivity contribution is 6.44. The summed E-state index contributed by atoms with van der Waals surface area (Å²) in [6.45, 7) is 0. The van der Waals surface area contributed by atoms with Crippen molar-refractivity contribution in [3.8, 4) is 89.8 Å². The smallest absolute Gasteiger partial charge is 0.164 e. The van der Waals surface area contributed by atoms with Gasteiger partial charge in [0.1, 0.15) is 33.5 Å². The molecular weight excluding hydrogens is 1670 g/mol. The second-order valence-corrected chi connectivity index (χ2v) is 32.0. The van der Waals surface area contributed by atoms with Crippen LogP contribution >= 0.6 is 0 Å². The first-order valence-corrected chi connectivity index (χ1v) is 42.6. The van der Waals surface area contributed by atoms with E-state index in [1.165, 1.54) is 0 Å². The fourth-order valence-corrected chi connectivity index (χ4v) is 19.1. The van der Waals surface area contributed by atoms with E-state index in [-0.39, 0.29) is 39.0 Å². The Balaban J connectivity index is 0.000000127. The van der Waals surface area contributed by atoms with Gasteiger partial charge in [0.2, 0.25) is 0 Å². The highest BCUT2D eigenvalue weighted by atomic mass is 16.3. The average molecular weight is 1800 g/mol. The number of hydrogen-bond donors (Lipinski definition) is 0. The van der Waals surface area contributed by atoms with Gasteiger partial charge in [0, 0.05) is 116 Å². The van der Waals surface area contributed by atoms with E-state index in [2.05, 4.69) is 15.0 Å². The number of fused-ring (bicyclic) bond motifs is 3. The van der Waals surface area contributed by atoms with Crippen LogP contribution in [0.1, 0.15) is 68.5 Å². The molecule has 0 radical (unpaired) electrons. The number of rotatable bonds is 14. The van der Waals surface area contributed by atoms with E-state index in [1.807, 2.05) is 121 Å². The molecule has 0 aliphatic carbocycles. The lowest BCUT2D eigenvalue weighted by molar-refractivity contribution is 0.669. The Morgan fingerprint density at radius 2 is 0.511 bits per heavy atom. The first kappa shape index (κ1) is 42.9. The van der Waals surface area contributed by atoms with E-state index < -0.39 is 393 Å². The Labute approximate surface area is 856 Å². The fraction of sp³-hybridized carbons (Fsp3) is 0. The van der Waals surface area contributed by atoms with Crippen molar-refractivity contribution in [2.24, 2.45) is 0 Å². The van der Waals surface area contributed by atoms with Gasteiger partial charge >= 0.3 is 0 Å². The van der Waals surface area contributed by atoms with Gasteiger partial charge in [-0.2, -0.15) is 0 Å². The van der Waals surface area contributed by atoms with Crippen LogP contribution in [0.2, 0.25) is 0 Å². The predicted octanol–water partition coefficient (Wildman–Crippen LogP) is 36.2. The van der Waals surface area contributed by atoms with Crippen molar-refractivity contribution in [3.05, 3.63) is 466 Å². The summed E-state index contributed by atoms with van der Waals surface area (Å²) in [5, 5.41) is 20.6. The van der Waals surface area contributed by atoms with E-state index in [0.717, 1.165) is 108 Å². The van der Waals surface area contributed by atoms with Gasteiger partial charge < -0.3 is 23.1 Å². The normalized spacial score (nSPS) is 17.1. The Morgan fingerprint density at radius 1 is 0.182 bits per heavy atom. The van der Waals surface area contributed by atoms with E-state index in [9.17, 15) is 17.8 Å². The molecule has 0 unspecified atom stereocenters. The summed E-state index contributed by atoms with van der Waals surface area (Å²) >= 11 is 0. The zero-order valence-corrected chi connectivity index (χ0v) is 70.0. The molecule has 0 fully saturated rings. The Morgan fingerprint density at radius 3 is 1.04 bits per heavy atom. The molecule has 4 heterocycles. The number of anilines is 6. The standard InChI is InChI=1S/2C44H27NO.C41H23N3O/c1-3-10-28(11-4-1)29-22-24-34(25-23-29)45(33-14-5-2-6-15-33)35-16-7-13-31(26-35)38-27-32-21-20-30-12-8-17-36-37-18-9-19-39-42(37)43(44(38)46-39)41(32)40(30)36;1-3-9-28(10-4-1)29-19-22-34(23-20-29)45(33-13-5-2-6-14-33)35-15-7-12-32(27-35)36-24-25-38-37-16-8-11-30-17-18-31-21-26-39-43(41(31)40(30)37)42(38)44(36)46-39;1-3-9-26(10-4-1)39-42-40(27-11-5-2-6-12-27)44-41(43-39)29-15-7-14-28(23-29)30-20-22-33-38-36(30)31-16-8-13-24-17-18-25-19-21-32(45-33)37(38)35(25)34(24)31/h2*1-27H;1-23H/i1D,2D,3D,4D,5D,6D,7D,10D,11D,13D,14D,15D,16D,22D,23D,24D,25D,26D;1D,2D,3D,4D,5D,6D,7D,9D,10D,12D,13D,14D,15D,19D,20D,22D,23D,27D;1D,2D,3D,4D,5D,6D,7D,9D,10D,11D,12D,14D,15D,23D. The topological polar surface area (TPSA) is 84.6 Å². The molecule has 26 aromatic carbocycles. The highest BCUT2D eigenvalue weighted by Gasteiger charge is 2.29. The van der Waals surface area contributed by atoms with Crippen LogP contribution in [0.4, 0.5) is 34.1 Å². The SMILES string of the molecule is [2H]c1c([2H])c([2H])c(-c2c([2H])c([2H])c(N(c3c([2H])c([2H])c([2H])c([2H])c3[2H])c3c([2H])c([2H])c([2H])c(-c4cc5ccc6cccc7c8cccc9oc4c(c98)c5c67)c3[2H])c([2H])c2[2H])c([2H])c1[2H].[2H]c1c([2H])c([2H])c(-c2c([2H])c([2H])c(N(c3c([2H])c([2H])c([2H])c([2H])c3[2H])c3c([2H])c([2H])c([2H])c(-c4ccc5c6cccc7ccc8ccc9oc4c5c9c8c76)c3[2H])c([2H])c2[2H])c([2H])c1[2H].[2H]c1c([2H])c([2H])c(-c2nc(-c3c([2H])c([2H])c([2H])c([2H])c3[2H])nc(-c3c([2H])c([2H])c([2H])c(-c4ccc5oc6ccc7ccc8cccc9c4c5c6c7c89)c3[2H])n2)c([2H])c1[2H]. The Hall–Kier alpha value is -18.4. The minimum atomic E-state index is -1.01. The van der Waals surface area contributed by atoms with Crippen LogP contribution in [0, 0.1) is 0 Å².